The summed E-state index contributed by atoms with van der Waals surface area (Å²) in [5, 5.41) is 0. The number of pyridine rings is 2. The SMILES string of the molecule is CCCCCCCCCCCCCCc1cc(C)cc(C)[n+]1CCCCCCC[n+]1c(C)cc(C)cc1CCCCCCCCCCCCCC.F[P-](F)(F)(F)(F)F.F[P-](F)(F)(F)(F)F. The zero-order chi connectivity index (χ0) is 49.6. The summed E-state index contributed by atoms with van der Waals surface area (Å²) in [6, 6.07) is 9.73. The minimum absolute atomic E-state index is 1.19. The maximum absolute atomic E-state index is 10.7. The Hall–Kier alpha value is -1.68. The van der Waals surface area contributed by atoms with Gasteiger partial charge in [-0.05, 0) is 50.7 Å². The number of rotatable bonds is 34. The van der Waals surface area contributed by atoms with E-state index in [9.17, 15) is 50.4 Å². The van der Waals surface area contributed by atoms with Gasteiger partial charge in [-0.25, -0.2) is 9.13 Å². The summed E-state index contributed by atoms with van der Waals surface area (Å²) in [6.07, 6.45) is 43.3. The summed E-state index contributed by atoms with van der Waals surface area (Å²) in [5.74, 6) is 0. The van der Waals surface area contributed by atoms with E-state index in [2.05, 4.69) is 74.9 Å². The van der Waals surface area contributed by atoms with Gasteiger partial charge in [0.05, 0.1) is 0 Å². The van der Waals surface area contributed by atoms with Crippen LogP contribution in [-0.4, -0.2) is 0 Å². The predicted octanol–water partition coefficient (Wildman–Crippen LogP) is 21.4. The first-order chi connectivity index (χ1) is 29.9. The second kappa shape index (κ2) is 29.4. The zero-order valence-corrected chi connectivity index (χ0v) is 42.8. The van der Waals surface area contributed by atoms with E-state index in [0.29, 0.717) is 0 Å². The number of unbranched alkanes of at least 4 members (excludes halogenated alkanes) is 26. The third-order valence-electron chi connectivity index (χ3n) is 11.5. The Labute approximate surface area is 386 Å². The maximum atomic E-state index is 9.87. The van der Waals surface area contributed by atoms with Gasteiger partial charge in [-0.2, -0.15) is 0 Å². The van der Waals surface area contributed by atoms with Crippen LogP contribution in [0.25, 0.3) is 0 Å². The number of hydrogen-bond donors (Lipinski definition) is 0. The van der Waals surface area contributed by atoms with Gasteiger partial charge in [-0.1, -0.05) is 162 Å². The normalized spacial score (nSPS) is 14.1. The van der Waals surface area contributed by atoms with Gasteiger partial charge in [-0.15, -0.1) is 0 Å². The van der Waals surface area contributed by atoms with Crippen LogP contribution in [0.4, 0.5) is 50.4 Å². The number of nitrogens with zero attached hydrogens (tertiary/aromatic N) is 2. The first-order valence-corrected chi connectivity index (χ1v) is 29.0. The predicted molar refractivity (Wildman–Crippen MR) is 252 cm³/mol. The Bertz CT molecular complexity index is 1430. The van der Waals surface area contributed by atoms with E-state index in [0.717, 1.165) is 0 Å². The molecule has 0 saturated carbocycles. The Morgan fingerprint density at radius 1 is 0.308 bits per heavy atom. The summed E-state index contributed by atoms with van der Waals surface area (Å²) >= 11 is 0. The van der Waals surface area contributed by atoms with E-state index in [1.54, 1.807) is 11.4 Å². The molecule has 0 aliphatic rings. The molecule has 2 aromatic heterocycles. The van der Waals surface area contributed by atoms with Crippen molar-refractivity contribution in [3.63, 3.8) is 0 Å². The van der Waals surface area contributed by atoms with Gasteiger partial charge in [0.25, 0.3) is 0 Å². The molecule has 65 heavy (non-hydrogen) atoms. The summed E-state index contributed by atoms with van der Waals surface area (Å²) in [4.78, 5) is 0. The molecule has 0 radical (unpaired) electrons. The molecule has 2 aromatic rings. The van der Waals surface area contributed by atoms with Gasteiger partial charge >= 0.3 is 66.0 Å². The molecule has 388 valence electrons. The molecule has 0 N–H and O–H groups in total. The first-order valence-electron chi connectivity index (χ1n) is 25.0. The van der Waals surface area contributed by atoms with E-state index >= 15 is 0 Å². The molecule has 0 aliphatic carbocycles. The fourth-order valence-corrected chi connectivity index (χ4v) is 8.45. The molecule has 0 unspecified atom stereocenters. The topological polar surface area (TPSA) is 7.76 Å². The van der Waals surface area contributed by atoms with Gasteiger partial charge in [-0.3, -0.25) is 0 Å². The van der Waals surface area contributed by atoms with E-state index in [1.807, 2.05) is 0 Å². The van der Waals surface area contributed by atoms with Crippen molar-refractivity contribution in [3.8, 4) is 0 Å². The van der Waals surface area contributed by atoms with Crippen LogP contribution < -0.4 is 9.13 Å². The summed E-state index contributed by atoms with van der Waals surface area (Å²) in [5.41, 5.74) is 8.92. The van der Waals surface area contributed by atoms with Crippen LogP contribution in [0.15, 0.2) is 24.3 Å². The van der Waals surface area contributed by atoms with Crippen LogP contribution in [0, 0.1) is 27.7 Å². The molecule has 0 spiro atoms. The van der Waals surface area contributed by atoms with Crippen LogP contribution in [0.1, 0.15) is 234 Å². The molecule has 2 heterocycles. The van der Waals surface area contributed by atoms with Crippen molar-refractivity contribution in [2.75, 3.05) is 0 Å². The Morgan fingerprint density at radius 3 is 0.738 bits per heavy atom. The molecule has 2 rings (SSSR count). The first kappa shape index (κ1) is 63.3. The van der Waals surface area contributed by atoms with Gasteiger partial charge in [0.1, 0.15) is 13.1 Å². The molecule has 0 fully saturated rings. The third kappa shape index (κ3) is 48.6. The monoisotopic (exact) mass is 995 g/mol. The summed E-state index contributed by atoms with van der Waals surface area (Å²) in [7, 11) is -21.3. The average molecular weight is 995 g/mol. The molecule has 0 aromatic carbocycles. The fourth-order valence-electron chi connectivity index (χ4n) is 8.45. The van der Waals surface area contributed by atoms with Gasteiger partial charge in [0.2, 0.25) is 0 Å². The quantitative estimate of drug-likeness (QED) is 0.0286. The summed E-state index contributed by atoms with van der Waals surface area (Å²) in [6.45, 7) is 16.2. The van der Waals surface area contributed by atoms with Crippen molar-refractivity contribution in [2.45, 2.75) is 254 Å². The molecule has 2 nitrogen and oxygen atoms in total. The summed E-state index contributed by atoms with van der Waals surface area (Å²) < 4.78 is 124. The van der Waals surface area contributed by atoms with Crippen LogP contribution in [0.5, 0.6) is 0 Å². The number of hydrogen-bond acceptors (Lipinski definition) is 0. The van der Waals surface area contributed by atoms with Gasteiger partial charge in [0.15, 0.2) is 22.8 Å². The third-order valence-corrected chi connectivity index (χ3v) is 11.5. The fraction of sp³-hybridized carbons (Fsp3) is 0.796. The van der Waals surface area contributed by atoms with E-state index in [-0.39, 0.29) is 0 Å². The Balaban J connectivity index is 0.00000251. The van der Waals surface area contributed by atoms with E-state index in [4.69, 9.17) is 0 Å². The second-order valence-electron chi connectivity index (χ2n) is 18.6. The molecular formula is C49H88F12N2P2. The molecule has 16 heteroatoms. The van der Waals surface area contributed by atoms with Crippen LogP contribution in [0.3, 0.4) is 0 Å². The minimum atomic E-state index is -10.7. The van der Waals surface area contributed by atoms with Gasteiger partial charge in [0, 0.05) is 63.8 Å². The van der Waals surface area contributed by atoms with E-state index in [1.165, 1.54) is 235 Å². The second-order valence-corrected chi connectivity index (χ2v) is 22.4. The molecule has 0 amide bonds. The van der Waals surface area contributed by atoms with Crippen molar-refractivity contribution in [1.29, 1.82) is 0 Å². The van der Waals surface area contributed by atoms with Crippen molar-refractivity contribution < 1.29 is 59.5 Å². The number of halogens is 12. The standard InChI is InChI=1S/C49H88N2.2F6P/c1-7-9-11-13-15-17-19-21-23-25-28-32-36-48-42-44(3)40-46(5)50(48)38-34-30-27-31-35-39-51-47(6)41-45(4)43-49(51)37-33-29-26-24-22-20-18-16-14-12-10-8-2;2*1-7(2,3,4,5)6/h40-43H,7-39H2,1-6H3;;/q+2;2*-1. The van der Waals surface area contributed by atoms with Crippen molar-refractivity contribution in [1.82, 2.24) is 0 Å². The Kier molecular flexibility index (Phi) is 28.6. The molecule has 0 aliphatic heterocycles. The average Bonchev–Trinajstić information content (AvgIpc) is 3.14. The van der Waals surface area contributed by atoms with Crippen molar-refractivity contribution >= 4 is 15.6 Å². The molecule has 0 atom stereocenters. The van der Waals surface area contributed by atoms with Gasteiger partial charge < -0.3 is 0 Å². The van der Waals surface area contributed by atoms with Crippen LogP contribution >= 0.6 is 15.6 Å². The number of aryl methyl sites for hydroxylation is 6. The number of aromatic nitrogens is 2. The van der Waals surface area contributed by atoms with Crippen LogP contribution in [-0.2, 0) is 25.9 Å². The Morgan fingerprint density at radius 2 is 0.508 bits per heavy atom. The molecule has 0 saturated heterocycles. The van der Waals surface area contributed by atoms with Crippen molar-refractivity contribution in [2.24, 2.45) is 0 Å². The molecule has 0 bridgehead atoms. The van der Waals surface area contributed by atoms with Crippen molar-refractivity contribution in [3.05, 3.63) is 58.2 Å². The van der Waals surface area contributed by atoms with Crippen LogP contribution in [0.2, 0.25) is 0 Å². The zero-order valence-electron chi connectivity index (χ0n) is 41.0. The molecular weight excluding hydrogens is 906 g/mol. The van der Waals surface area contributed by atoms with E-state index < -0.39 is 15.6 Å².